The van der Waals surface area contributed by atoms with Crippen LogP contribution in [0.2, 0.25) is 0 Å². The van der Waals surface area contributed by atoms with Crippen molar-refractivity contribution >= 4 is 5.96 Å². The highest BCUT2D eigenvalue weighted by molar-refractivity contribution is 5.79. The van der Waals surface area contributed by atoms with Crippen LogP contribution in [-0.4, -0.2) is 65.5 Å². The molecule has 0 unspecified atom stereocenters. The molecule has 0 atom stereocenters. The molecule has 0 aliphatic heterocycles. The fraction of sp³-hybridized carbons (Fsp3) is 0.632. The molecule has 1 fully saturated rings. The van der Waals surface area contributed by atoms with E-state index in [9.17, 15) is 0 Å². The van der Waals surface area contributed by atoms with Gasteiger partial charge in [0.2, 0.25) is 0 Å². The van der Waals surface area contributed by atoms with Crippen molar-refractivity contribution < 1.29 is 14.2 Å². The van der Waals surface area contributed by atoms with Gasteiger partial charge in [-0.2, -0.15) is 0 Å². The molecule has 0 radical (unpaired) electrons. The van der Waals surface area contributed by atoms with E-state index in [0.717, 1.165) is 61.7 Å². The molecule has 0 heterocycles. The predicted molar refractivity (Wildman–Crippen MR) is 101 cm³/mol. The molecular weight excluding hydrogens is 318 g/mol. The molecule has 0 aromatic heterocycles. The van der Waals surface area contributed by atoms with Crippen molar-refractivity contribution in [2.24, 2.45) is 10.9 Å². The molecule has 1 aromatic rings. The normalized spacial score (nSPS) is 14.3. The van der Waals surface area contributed by atoms with Crippen molar-refractivity contribution in [2.75, 3.05) is 54.6 Å². The third-order valence-corrected chi connectivity index (χ3v) is 4.36. The number of methoxy groups -OCH3 is 2. The summed E-state index contributed by atoms with van der Waals surface area (Å²) in [6.07, 6.45) is 3.48. The zero-order valence-electron chi connectivity index (χ0n) is 15.9. The Balaban J connectivity index is 1.75. The summed E-state index contributed by atoms with van der Waals surface area (Å²) in [5.74, 6) is 3.39. The average molecular weight is 349 g/mol. The van der Waals surface area contributed by atoms with Gasteiger partial charge in [0.25, 0.3) is 0 Å². The third-order valence-electron chi connectivity index (χ3n) is 4.36. The van der Waals surface area contributed by atoms with Crippen LogP contribution in [-0.2, 0) is 11.2 Å². The van der Waals surface area contributed by atoms with Crippen LogP contribution >= 0.6 is 0 Å². The molecule has 0 saturated heterocycles. The van der Waals surface area contributed by atoms with Gasteiger partial charge >= 0.3 is 0 Å². The fourth-order valence-corrected chi connectivity index (χ4v) is 2.61. The number of nitrogens with zero attached hydrogens (tertiary/aromatic N) is 2. The fourth-order valence-electron chi connectivity index (χ4n) is 2.61. The predicted octanol–water partition coefficient (Wildman–Crippen LogP) is 2.18. The first-order valence-corrected chi connectivity index (χ1v) is 8.88. The van der Waals surface area contributed by atoms with Gasteiger partial charge in [-0.3, -0.25) is 4.99 Å². The van der Waals surface area contributed by atoms with Crippen LogP contribution in [0.15, 0.2) is 23.2 Å². The van der Waals surface area contributed by atoms with Crippen molar-refractivity contribution in [3.63, 3.8) is 0 Å². The monoisotopic (exact) mass is 349 g/mol. The number of aliphatic imine (C=N–C) groups is 1. The van der Waals surface area contributed by atoms with Crippen LogP contribution in [0.1, 0.15) is 18.4 Å². The molecule has 0 spiro atoms. The SMILES string of the molecule is CN=C(NCCc1cc(OC)ccc1OC)N(C)CCOCC1CC1. The molecule has 0 amide bonds. The largest absolute Gasteiger partial charge is 0.497 e. The lowest BCUT2D eigenvalue weighted by Gasteiger charge is -2.22. The molecule has 1 aromatic carbocycles. The van der Waals surface area contributed by atoms with E-state index in [1.54, 1.807) is 21.3 Å². The molecule has 6 nitrogen and oxygen atoms in total. The molecule has 6 heteroatoms. The minimum absolute atomic E-state index is 0.734. The summed E-state index contributed by atoms with van der Waals surface area (Å²) < 4.78 is 16.4. The van der Waals surface area contributed by atoms with Crippen molar-refractivity contribution in [1.29, 1.82) is 0 Å². The highest BCUT2D eigenvalue weighted by atomic mass is 16.5. The van der Waals surface area contributed by atoms with Crippen molar-refractivity contribution in [3.8, 4) is 11.5 Å². The second kappa shape index (κ2) is 10.1. The van der Waals surface area contributed by atoms with E-state index in [2.05, 4.69) is 15.2 Å². The van der Waals surface area contributed by atoms with Crippen molar-refractivity contribution in [2.45, 2.75) is 19.3 Å². The molecule has 1 aliphatic rings. The standard InChI is InChI=1S/C19H31N3O3/c1-20-19(22(2)11-12-25-14-15-5-6-15)21-10-9-16-13-17(23-3)7-8-18(16)24-4/h7-8,13,15H,5-6,9-12,14H2,1-4H3,(H,20,21). The van der Waals surface area contributed by atoms with Gasteiger partial charge in [-0.25, -0.2) is 0 Å². The molecule has 1 N–H and O–H groups in total. The van der Waals surface area contributed by atoms with E-state index in [1.807, 2.05) is 25.2 Å². The van der Waals surface area contributed by atoms with Gasteiger partial charge < -0.3 is 24.4 Å². The van der Waals surface area contributed by atoms with E-state index in [1.165, 1.54) is 12.8 Å². The molecule has 1 saturated carbocycles. The Morgan fingerprint density at radius 2 is 2.08 bits per heavy atom. The summed E-state index contributed by atoms with van der Waals surface area (Å²) in [6.45, 7) is 3.23. The second-order valence-electron chi connectivity index (χ2n) is 6.34. The van der Waals surface area contributed by atoms with Gasteiger partial charge in [-0.05, 0) is 48.9 Å². The number of benzene rings is 1. The van der Waals surface area contributed by atoms with Gasteiger partial charge in [0.15, 0.2) is 5.96 Å². The highest BCUT2D eigenvalue weighted by Gasteiger charge is 2.21. The van der Waals surface area contributed by atoms with E-state index in [0.29, 0.717) is 0 Å². The van der Waals surface area contributed by atoms with Crippen LogP contribution in [0.5, 0.6) is 11.5 Å². The number of rotatable bonds is 10. The average Bonchev–Trinajstić information content (AvgIpc) is 3.46. The molecular formula is C19H31N3O3. The van der Waals surface area contributed by atoms with Crippen molar-refractivity contribution in [3.05, 3.63) is 23.8 Å². The Morgan fingerprint density at radius 1 is 1.28 bits per heavy atom. The summed E-state index contributed by atoms with van der Waals surface area (Å²) >= 11 is 0. The number of hydrogen-bond acceptors (Lipinski definition) is 4. The lowest BCUT2D eigenvalue weighted by Crippen LogP contribution is -2.41. The molecule has 0 bridgehead atoms. The van der Waals surface area contributed by atoms with E-state index >= 15 is 0 Å². The topological polar surface area (TPSA) is 55.3 Å². The molecule has 2 rings (SSSR count). The van der Waals surface area contributed by atoms with E-state index < -0.39 is 0 Å². The maximum atomic E-state index is 5.70. The maximum Gasteiger partial charge on any atom is 0.193 e. The number of hydrogen-bond donors (Lipinski definition) is 1. The minimum atomic E-state index is 0.734. The zero-order valence-corrected chi connectivity index (χ0v) is 15.9. The van der Waals surface area contributed by atoms with Crippen LogP contribution < -0.4 is 14.8 Å². The minimum Gasteiger partial charge on any atom is -0.497 e. The van der Waals surface area contributed by atoms with E-state index in [-0.39, 0.29) is 0 Å². The summed E-state index contributed by atoms with van der Waals surface area (Å²) in [5, 5.41) is 3.39. The van der Waals surface area contributed by atoms with Crippen LogP contribution in [0.4, 0.5) is 0 Å². The smallest absolute Gasteiger partial charge is 0.193 e. The first kappa shape index (κ1) is 19.4. The van der Waals surface area contributed by atoms with Crippen LogP contribution in [0.3, 0.4) is 0 Å². The Hall–Kier alpha value is -1.95. The summed E-state index contributed by atoms with van der Waals surface area (Å²) in [4.78, 5) is 6.43. The first-order chi connectivity index (χ1) is 12.2. The molecule has 1 aliphatic carbocycles. The second-order valence-corrected chi connectivity index (χ2v) is 6.34. The Kier molecular flexibility index (Phi) is 7.85. The van der Waals surface area contributed by atoms with Crippen molar-refractivity contribution in [1.82, 2.24) is 10.2 Å². The Labute approximate surface area is 151 Å². The third kappa shape index (κ3) is 6.46. The number of ether oxygens (including phenoxy) is 3. The maximum absolute atomic E-state index is 5.70. The summed E-state index contributed by atoms with van der Waals surface area (Å²) in [7, 11) is 7.19. The Morgan fingerprint density at radius 3 is 2.72 bits per heavy atom. The van der Waals surface area contributed by atoms with Crippen LogP contribution in [0.25, 0.3) is 0 Å². The Bertz CT molecular complexity index is 559. The quantitative estimate of drug-likeness (QED) is 0.399. The lowest BCUT2D eigenvalue weighted by atomic mass is 10.1. The first-order valence-electron chi connectivity index (χ1n) is 8.88. The number of likely N-dealkylation sites (N-methyl/N-ethyl adjacent to an activating group) is 1. The van der Waals surface area contributed by atoms with Gasteiger partial charge in [0, 0.05) is 33.8 Å². The highest BCUT2D eigenvalue weighted by Crippen LogP contribution is 2.28. The summed E-state index contributed by atoms with van der Waals surface area (Å²) in [5.41, 5.74) is 1.11. The zero-order chi connectivity index (χ0) is 18.1. The van der Waals surface area contributed by atoms with Gasteiger partial charge in [0.1, 0.15) is 11.5 Å². The number of nitrogens with one attached hydrogen (secondary N) is 1. The number of guanidine groups is 1. The molecule has 140 valence electrons. The van der Waals surface area contributed by atoms with Gasteiger partial charge in [0.05, 0.1) is 20.8 Å². The van der Waals surface area contributed by atoms with Crippen LogP contribution in [0, 0.1) is 5.92 Å². The molecule has 25 heavy (non-hydrogen) atoms. The van der Waals surface area contributed by atoms with Gasteiger partial charge in [-0.1, -0.05) is 0 Å². The summed E-state index contributed by atoms with van der Waals surface area (Å²) in [6, 6.07) is 5.86. The van der Waals surface area contributed by atoms with Gasteiger partial charge in [-0.15, -0.1) is 0 Å². The van der Waals surface area contributed by atoms with E-state index in [4.69, 9.17) is 14.2 Å². The lowest BCUT2D eigenvalue weighted by molar-refractivity contribution is 0.115.